The highest BCUT2D eigenvalue weighted by atomic mass is 31.2. The van der Waals surface area contributed by atoms with Crippen LogP contribution in [0.1, 0.15) is 0 Å². The smallest absolute Gasteiger partial charge is 0.438 e. The quantitative estimate of drug-likeness (QED) is 0.439. The van der Waals surface area contributed by atoms with Gasteiger partial charge in [-0.15, -0.1) is 5.10 Å². The maximum absolute atomic E-state index is 14.9. The van der Waals surface area contributed by atoms with Crippen molar-refractivity contribution in [2.45, 2.75) is 12.3 Å². The molecule has 4 rings (SSSR count). The maximum Gasteiger partial charge on any atom is 0.471 e. The molecule has 3 N–H and O–H groups in total. The van der Waals surface area contributed by atoms with Crippen molar-refractivity contribution in [3.63, 3.8) is 0 Å². The maximum atomic E-state index is 14.9. The molecule has 15 heteroatoms. The van der Waals surface area contributed by atoms with Crippen LogP contribution in [0.2, 0.25) is 0 Å². The molecule has 0 spiro atoms. The lowest BCUT2D eigenvalue weighted by Crippen LogP contribution is -2.39. The van der Waals surface area contributed by atoms with Gasteiger partial charge >= 0.3 is 13.9 Å². The fraction of sp³-hybridized carbons (Fsp3) is 0.235. The van der Waals surface area contributed by atoms with Crippen molar-refractivity contribution in [2.24, 2.45) is 7.05 Å². The molecule has 1 aromatic carbocycles. The van der Waals surface area contributed by atoms with E-state index in [0.717, 1.165) is 11.0 Å². The second-order valence-electron chi connectivity index (χ2n) is 6.68. The van der Waals surface area contributed by atoms with Gasteiger partial charge in [0.2, 0.25) is 0 Å². The number of phosphoric acid groups is 1. The predicted molar refractivity (Wildman–Crippen MR) is 104 cm³/mol. The number of phosphoric ester groups is 1. The van der Waals surface area contributed by atoms with Gasteiger partial charge in [-0.05, 0) is 34.7 Å². The molecule has 2 aromatic heterocycles. The number of carbonyl (C=O) groups excluding carboxylic acids is 1. The van der Waals surface area contributed by atoms with Gasteiger partial charge in [0.05, 0.1) is 12.3 Å². The Morgan fingerprint density at radius 1 is 1.28 bits per heavy atom. The van der Waals surface area contributed by atoms with Gasteiger partial charge in [-0.3, -0.25) is 9.51 Å². The number of aliphatic hydroxyl groups excluding tert-OH is 1. The van der Waals surface area contributed by atoms with Gasteiger partial charge < -0.3 is 19.6 Å². The van der Waals surface area contributed by atoms with Crippen LogP contribution in [-0.4, -0.2) is 65.1 Å². The van der Waals surface area contributed by atoms with Crippen LogP contribution in [0.15, 0.2) is 36.5 Å². The molecule has 0 aliphatic carbocycles. The zero-order chi connectivity index (χ0) is 23.0. The van der Waals surface area contributed by atoms with Gasteiger partial charge in [0.25, 0.3) is 0 Å². The van der Waals surface area contributed by atoms with Gasteiger partial charge in [-0.25, -0.2) is 23.3 Å². The van der Waals surface area contributed by atoms with Crippen LogP contribution in [0.3, 0.4) is 0 Å². The summed E-state index contributed by atoms with van der Waals surface area (Å²) < 4.78 is 37.1. The molecule has 3 aromatic rings. The molecule has 1 unspecified atom stereocenters. The molecule has 0 saturated carbocycles. The largest absolute Gasteiger partial charge is 0.471 e. The lowest BCUT2D eigenvalue weighted by Gasteiger charge is -2.24. The molecule has 1 fully saturated rings. The average molecular weight is 466 g/mol. The van der Waals surface area contributed by atoms with Crippen molar-refractivity contribution in [3.8, 4) is 22.6 Å². The zero-order valence-corrected chi connectivity index (χ0v) is 17.2. The second kappa shape index (κ2) is 8.33. The molecule has 2 atom stereocenters. The molecular weight excluding hydrogens is 450 g/mol. The zero-order valence-electron chi connectivity index (χ0n) is 16.3. The number of aryl methyl sites for hydroxylation is 1. The van der Waals surface area contributed by atoms with Crippen molar-refractivity contribution < 1.29 is 37.9 Å². The summed E-state index contributed by atoms with van der Waals surface area (Å²) in [4.78, 5) is 35.4. The van der Waals surface area contributed by atoms with E-state index in [2.05, 4.69) is 25.0 Å². The van der Waals surface area contributed by atoms with Crippen LogP contribution in [0, 0.1) is 5.82 Å². The average Bonchev–Trinajstić information content (AvgIpc) is 3.29. The third kappa shape index (κ3) is 4.22. The van der Waals surface area contributed by atoms with E-state index in [9.17, 15) is 18.9 Å². The summed E-state index contributed by atoms with van der Waals surface area (Å²) in [6.45, 7) is -0.757. The molecule has 32 heavy (non-hydrogen) atoms. The van der Waals surface area contributed by atoms with Crippen molar-refractivity contribution in [3.05, 3.63) is 42.3 Å². The van der Waals surface area contributed by atoms with E-state index >= 15 is 0 Å². The molecule has 1 aliphatic rings. The molecule has 1 saturated heterocycles. The van der Waals surface area contributed by atoms with Crippen LogP contribution in [0.5, 0.6) is 0 Å². The first-order valence-corrected chi connectivity index (χ1v) is 10.5. The Bertz CT molecular complexity index is 1200. The van der Waals surface area contributed by atoms with Crippen molar-refractivity contribution in [1.29, 1.82) is 0 Å². The summed E-state index contributed by atoms with van der Waals surface area (Å²) in [5.74, 6) is -0.318. The number of hydrogen-bond donors (Lipinski definition) is 3. The number of rotatable bonds is 6. The summed E-state index contributed by atoms with van der Waals surface area (Å²) in [7, 11) is -3.40. The van der Waals surface area contributed by atoms with E-state index in [-0.39, 0.29) is 11.3 Å². The minimum Gasteiger partial charge on any atom is -0.438 e. The van der Waals surface area contributed by atoms with Gasteiger partial charge in [0, 0.05) is 24.4 Å². The number of cyclic esters (lactones) is 1. The second-order valence-corrected chi connectivity index (χ2v) is 7.88. The summed E-state index contributed by atoms with van der Waals surface area (Å²) in [6.07, 6.45) is -2.66. The molecule has 0 radical (unpaired) electrons. The fourth-order valence-electron chi connectivity index (χ4n) is 3.17. The minimum absolute atomic E-state index is 0.0830. The summed E-state index contributed by atoms with van der Waals surface area (Å²) in [5, 5.41) is 20.4. The highest BCUT2D eigenvalue weighted by Gasteiger charge is 2.46. The number of carbonyl (C=O) groups is 1. The lowest BCUT2D eigenvalue weighted by atomic mass is 10.1. The summed E-state index contributed by atoms with van der Waals surface area (Å²) >= 11 is 0. The van der Waals surface area contributed by atoms with Crippen LogP contribution in [0.4, 0.5) is 14.9 Å². The number of tetrazole rings is 1. The number of aliphatic hydroxyl groups is 1. The Kier molecular flexibility index (Phi) is 5.71. The van der Waals surface area contributed by atoms with Gasteiger partial charge in [0.15, 0.2) is 18.2 Å². The van der Waals surface area contributed by atoms with Crippen LogP contribution >= 0.6 is 7.82 Å². The number of amides is 1. The first kappa shape index (κ1) is 21.9. The molecule has 0 bridgehead atoms. The van der Waals surface area contributed by atoms with Crippen molar-refractivity contribution in [2.75, 3.05) is 11.5 Å². The van der Waals surface area contributed by atoms with Gasteiger partial charge in [-0.2, -0.15) is 0 Å². The molecule has 13 nitrogen and oxygen atoms in total. The number of hydrogen-bond acceptors (Lipinski definition) is 9. The highest BCUT2D eigenvalue weighted by Crippen LogP contribution is 2.42. The lowest BCUT2D eigenvalue weighted by molar-refractivity contribution is 0.0212. The van der Waals surface area contributed by atoms with Crippen molar-refractivity contribution >= 4 is 19.6 Å². The van der Waals surface area contributed by atoms with Gasteiger partial charge in [0.1, 0.15) is 11.5 Å². The third-order valence-corrected chi connectivity index (χ3v) is 5.09. The normalized spacial score (nSPS) is 18.8. The molecule has 1 amide bonds. The predicted octanol–water partition coefficient (Wildman–Crippen LogP) is 0.831. The fourth-order valence-corrected chi connectivity index (χ4v) is 3.68. The Morgan fingerprint density at radius 3 is 2.62 bits per heavy atom. The minimum atomic E-state index is -5.05. The number of pyridine rings is 1. The van der Waals surface area contributed by atoms with E-state index in [1.165, 1.54) is 23.0 Å². The number of halogens is 1. The van der Waals surface area contributed by atoms with E-state index < -0.39 is 38.7 Å². The van der Waals surface area contributed by atoms with Crippen LogP contribution in [0.25, 0.3) is 22.6 Å². The number of benzene rings is 1. The Morgan fingerprint density at radius 2 is 2.06 bits per heavy atom. The SMILES string of the molecule is Cn1nnnc1-c1ccc(-c2ccc(N3C(=O)O[C@H](CO)C3OP(=O)(O)O)cc2F)cn1. The van der Waals surface area contributed by atoms with Crippen LogP contribution in [-0.2, 0) is 20.9 Å². The van der Waals surface area contributed by atoms with E-state index in [1.54, 1.807) is 19.2 Å². The standard InChI is InChI=1S/C17H16FN6O7P/c1-23-15(20-21-22-23)13-5-2-9(7-19-13)11-4-3-10(6-12(11)18)24-16(31-32(27,28)29)14(8-25)30-17(24)26/h2-7,14,16,25H,8H2,1H3,(H2,27,28,29)/t14-,16?/m1/s1. The number of nitrogens with zero attached hydrogens (tertiary/aromatic N) is 6. The van der Waals surface area contributed by atoms with E-state index in [1.807, 2.05) is 0 Å². The molecule has 3 heterocycles. The monoisotopic (exact) mass is 466 g/mol. The third-order valence-electron chi connectivity index (χ3n) is 4.60. The Labute approximate surface area is 179 Å². The highest BCUT2D eigenvalue weighted by molar-refractivity contribution is 7.46. The topological polar surface area (TPSA) is 173 Å². The molecule has 168 valence electrons. The first-order chi connectivity index (χ1) is 15.2. The Hall–Kier alpha value is -3.29. The van der Waals surface area contributed by atoms with Gasteiger partial charge in [-0.1, -0.05) is 6.07 Å². The summed E-state index contributed by atoms with van der Waals surface area (Å²) in [5.41, 5.74) is 0.974. The molecular formula is C17H16FN6O7P. The number of aromatic nitrogens is 5. The number of anilines is 1. The Balaban J connectivity index is 1.63. The summed E-state index contributed by atoms with van der Waals surface area (Å²) in [6, 6.07) is 6.91. The van der Waals surface area contributed by atoms with E-state index in [4.69, 9.17) is 14.5 Å². The first-order valence-electron chi connectivity index (χ1n) is 9.01. The number of ether oxygens (including phenoxy) is 1. The van der Waals surface area contributed by atoms with Crippen molar-refractivity contribution in [1.82, 2.24) is 25.2 Å². The molecule has 1 aliphatic heterocycles. The van der Waals surface area contributed by atoms with E-state index in [0.29, 0.717) is 17.1 Å². The van der Waals surface area contributed by atoms with Crippen LogP contribution < -0.4 is 4.90 Å².